The van der Waals surface area contributed by atoms with E-state index in [4.69, 9.17) is 10.00 Å². The van der Waals surface area contributed by atoms with Crippen molar-refractivity contribution in [1.82, 2.24) is 5.32 Å². The summed E-state index contributed by atoms with van der Waals surface area (Å²) in [5.74, 6) is -0.0150. The Morgan fingerprint density at radius 2 is 2.50 bits per heavy atom. The highest BCUT2D eigenvalue weighted by molar-refractivity contribution is 5.80. The summed E-state index contributed by atoms with van der Waals surface area (Å²) in [5.41, 5.74) is 0. The number of amides is 1. The lowest BCUT2D eigenvalue weighted by Gasteiger charge is -2.26. The average molecular weight is 168 g/mol. The fraction of sp³-hybridized carbons (Fsp3) is 0.750. The van der Waals surface area contributed by atoms with Crippen LogP contribution in [0.2, 0.25) is 0 Å². The largest absolute Gasteiger partial charge is 0.381 e. The zero-order chi connectivity index (χ0) is 8.97. The molecule has 66 valence electrons. The average Bonchev–Trinajstić information content (AvgIpc) is 2.05. The van der Waals surface area contributed by atoms with Crippen LogP contribution in [0.15, 0.2) is 0 Å². The number of hydrogen-bond donors (Lipinski definition) is 1. The highest BCUT2D eigenvalue weighted by atomic mass is 16.5. The maximum Gasteiger partial charge on any atom is 0.236 e. The molecule has 0 aliphatic carbocycles. The molecule has 0 aromatic heterocycles. The normalized spacial score (nSPS) is 29.0. The summed E-state index contributed by atoms with van der Waals surface area (Å²) >= 11 is 0. The number of nitriles is 1. The van der Waals surface area contributed by atoms with Crippen LogP contribution in [-0.4, -0.2) is 19.1 Å². The number of carbonyl (C=O) groups excluding carboxylic acids is 1. The molecule has 1 saturated heterocycles. The fourth-order valence-corrected chi connectivity index (χ4v) is 1.42. The van der Waals surface area contributed by atoms with Gasteiger partial charge in [0.25, 0.3) is 0 Å². The van der Waals surface area contributed by atoms with Gasteiger partial charge in [-0.15, -0.1) is 0 Å². The van der Waals surface area contributed by atoms with Crippen LogP contribution in [-0.2, 0) is 9.53 Å². The van der Waals surface area contributed by atoms with Gasteiger partial charge in [0.05, 0.1) is 0 Å². The Bertz CT molecular complexity index is 210. The minimum Gasteiger partial charge on any atom is -0.381 e. The van der Waals surface area contributed by atoms with Crippen molar-refractivity contribution < 1.29 is 9.53 Å². The van der Waals surface area contributed by atoms with Gasteiger partial charge in [-0.2, -0.15) is 5.26 Å². The third-order valence-corrected chi connectivity index (χ3v) is 2.16. The van der Waals surface area contributed by atoms with Crippen molar-refractivity contribution in [1.29, 1.82) is 5.26 Å². The van der Waals surface area contributed by atoms with Gasteiger partial charge in [0, 0.05) is 19.1 Å². The maximum absolute atomic E-state index is 11.2. The zero-order valence-corrected chi connectivity index (χ0v) is 7.04. The maximum atomic E-state index is 11.2. The molecule has 1 aliphatic heterocycles. The third kappa shape index (κ3) is 1.95. The van der Waals surface area contributed by atoms with Crippen molar-refractivity contribution in [3.05, 3.63) is 0 Å². The second-order valence-corrected chi connectivity index (χ2v) is 3.05. The first-order valence-corrected chi connectivity index (χ1v) is 4.02. The van der Waals surface area contributed by atoms with Gasteiger partial charge in [-0.05, 0) is 12.3 Å². The van der Waals surface area contributed by atoms with Crippen LogP contribution < -0.4 is 5.32 Å². The van der Waals surface area contributed by atoms with Gasteiger partial charge in [-0.25, -0.2) is 0 Å². The molecule has 4 nitrogen and oxygen atoms in total. The minimum atomic E-state index is -0.173. The number of nitrogens with one attached hydrogen (secondary N) is 1. The number of nitrogens with zero attached hydrogens (tertiary/aromatic N) is 1. The zero-order valence-electron chi connectivity index (χ0n) is 7.04. The molecule has 2 unspecified atom stereocenters. The molecule has 1 fully saturated rings. The first-order chi connectivity index (χ1) is 5.75. The first kappa shape index (κ1) is 9.01. The van der Waals surface area contributed by atoms with E-state index in [9.17, 15) is 4.79 Å². The highest BCUT2D eigenvalue weighted by Gasteiger charge is 2.27. The third-order valence-electron chi connectivity index (χ3n) is 2.16. The van der Waals surface area contributed by atoms with Crippen molar-refractivity contribution in [2.75, 3.05) is 13.2 Å². The van der Waals surface area contributed by atoms with Gasteiger partial charge >= 0.3 is 0 Å². The molecule has 1 aliphatic rings. The molecule has 0 spiro atoms. The van der Waals surface area contributed by atoms with Crippen LogP contribution in [0.4, 0.5) is 0 Å². The van der Waals surface area contributed by atoms with Crippen LogP contribution in [0, 0.1) is 23.3 Å². The lowest BCUT2D eigenvalue weighted by Crippen LogP contribution is -2.37. The Balaban J connectivity index is 2.49. The number of carbonyl (C=O) groups is 1. The van der Waals surface area contributed by atoms with E-state index in [1.807, 2.05) is 6.92 Å². The van der Waals surface area contributed by atoms with Crippen molar-refractivity contribution in [2.45, 2.75) is 13.3 Å². The van der Waals surface area contributed by atoms with Gasteiger partial charge < -0.3 is 4.74 Å². The topological polar surface area (TPSA) is 62.1 Å². The Morgan fingerprint density at radius 1 is 1.75 bits per heavy atom. The monoisotopic (exact) mass is 168 g/mol. The van der Waals surface area contributed by atoms with Gasteiger partial charge in [0.15, 0.2) is 6.19 Å². The molecule has 4 heteroatoms. The quantitative estimate of drug-likeness (QED) is 0.451. The van der Waals surface area contributed by atoms with Crippen LogP contribution >= 0.6 is 0 Å². The van der Waals surface area contributed by atoms with Crippen LogP contribution in [0.1, 0.15) is 13.3 Å². The summed E-state index contributed by atoms with van der Waals surface area (Å²) in [5, 5.41) is 10.4. The molecule has 0 saturated carbocycles. The SMILES string of the molecule is CC1COCCC1C(=O)NC#N. The van der Waals surface area contributed by atoms with Crippen LogP contribution in [0.25, 0.3) is 0 Å². The molecule has 1 heterocycles. The van der Waals surface area contributed by atoms with Crippen molar-refractivity contribution in [2.24, 2.45) is 11.8 Å². The standard InChI is InChI=1S/C8H12N2O2/c1-6-4-12-3-2-7(6)8(11)10-5-9/h6-7H,2-4H2,1H3,(H,10,11). The highest BCUT2D eigenvalue weighted by Crippen LogP contribution is 2.20. The molecule has 1 N–H and O–H groups in total. The van der Waals surface area contributed by atoms with E-state index in [1.165, 1.54) is 0 Å². The molecule has 0 radical (unpaired) electrons. The minimum absolute atomic E-state index is 0.0570. The van der Waals surface area contributed by atoms with Gasteiger partial charge in [-0.1, -0.05) is 6.92 Å². The van der Waals surface area contributed by atoms with E-state index in [1.54, 1.807) is 6.19 Å². The lowest BCUT2D eigenvalue weighted by atomic mass is 9.89. The molecular formula is C8H12N2O2. The van der Waals surface area contributed by atoms with E-state index in [0.717, 1.165) is 0 Å². The summed E-state index contributed by atoms with van der Waals surface area (Å²) in [6.45, 7) is 3.19. The molecule has 0 aromatic rings. The number of ether oxygens (including phenoxy) is 1. The molecule has 12 heavy (non-hydrogen) atoms. The molecule has 0 bridgehead atoms. The number of rotatable bonds is 1. The van der Waals surface area contributed by atoms with Gasteiger partial charge in [0.1, 0.15) is 0 Å². The van der Waals surface area contributed by atoms with Gasteiger partial charge in [0.2, 0.25) is 5.91 Å². The van der Waals surface area contributed by atoms with Crippen molar-refractivity contribution >= 4 is 5.91 Å². The van der Waals surface area contributed by atoms with E-state index in [2.05, 4.69) is 5.32 Å². The van der Waals surface area contributed by atoms with Crippen molar-refractivity contribution in [3.8, 4) is 6.19 Å². The summed E-state index contributed by atoms with van der Waals surface area (Å²) in [6, 6.07) is 0. The van der Waals surface area contributed by atoms with Crippen LogP contribution in [0.3, 0.4) is 0 Å². The summed E-state index contributed by atoms with van der Waals surface area (Å²) in [7, 11) is 0. The van der Waals surface area contributed by atoms with Crippen LogP contribution in [0.5, 0.6) is 0 Å². The molecule has 1 rings (SSSR count). The molecule has 2 atom stereocenters. The summed E-state index contributed by atoms with van der Waals surface area (Å²) < 4.78 is 5.18. The Morgan fingerprint density at radius 3 is 3.08 bits per heavy atom. The van der Waals surface area contributed by atoms with Gasteiger partial charge in [-0.3, -0.25) is 10.1 Å². The van der Waals surface area contributed by atoms with E-state index >= 15 is 0 Å². The predicted octanol–water partition coefficient (Wildman–Crippen LogP) is 0.256. The predicted molar refractivity (Wildman–Crippen MR) is 41.8 cm³/mol. The molecule has 1 amide bonds. The van der Waals surface area contributed by atoms with E-state index in [-0.39, 0.29) is 17.7 Å². The Labute approximate surface area is 71.5 Å². The summed E-state index contributed by atoms with van der Waals surface area (Å²) in [4.78, 5) is 11.2. The lowest BCUT2D eigenvalue weighted by molar-refractivity contribution is -0.129. The Hall–Kier alpha value is -1.08. The second-order valence-electron chi connectivity index (χ2n) is 3.05. The summed E-state index contributed by atoms with van der Waals surface area (Å²) in [6.07, 6.45) is 2.36. The van der Waals surface area contributed by atoms with E-state index < -0.39 is 0 Å². The van der Waals surface area contributed by atoms with E-state index in [0.29, 0.717) is 19.6 Å². The Kier molecular flexibility index (Phi) is 3.06. The molecule has 0 aromatic carbocycles. The van der Waals surface area contributed by atoms with Crippen molar-refractivity contribution in [3.63, 3.8) is 0 Å². The molecular weight excluding hydrogens is 156 g/mol. The number of hydrogen-bond acceptors (Lipinski definition) is 3. The second kappa shape index (κ2) is 4.07. The smallest absolute Gasteiger partial charge is 0.236 e. The fourth-order valence-electron chi connectivity index (χ4n) is 1.42. The first-order valence-electron chi connectivity index (χ1n) is 4.02.